The minimum atomic E-state index is -0.655. The zero-order chi connectivity index (χ0) is 9.78. The first-order chi connectivity index (χ1) is 5.43. The van der Waals surface area contributed by atoms with Crippen molar-refractivity contribution in [2.75, 3.05) is 6.61 Å². The van der Waals surface area contributed by atoms with Crippen molar-refractivity contribution in [1.82, 2.24) is 0 Å². The van der Waals surface area contributed by atoms with Crippen LogP contribution in [-0.4, -0.2) is 18.9 Å². The Labute approximate surface area is 73.1 Å². The van der Waals surface area contributed by atoms with Gasteiger partial charge >= 0.3 is 5.97 Å². The lowest BCUT2D eigenvalue weighted by atomic mass is 9.82. The summed E-state index contributed by atoms with van der Waals surface area (Å²) in [7, 11) is 0. The smallest absolute Gasteiger partial charge is 0.316 e. The molecule has 0 heterocycles. The molecule has 0 aliphatic rings. The van der Waals surface area contributed by atoms with Crippen molar-refractivity contribution in [3.05, 3.63) is 0 Å². The highest BCUT2D eigenvalue weighted by Gasteiger charge is 2.31. The van der Waals surface area contributed by atoms with E-state index >= 15 is 0 Å². The van der Waals surface area contributed by atoms with Gasteiger partial charge in [-0.1, -0.05) is 20.8 Å². The molecular weight excluding hydrogens is 156 g/mol. The first-order valence-electron chi connectivity index (χ1n) is 4.05. The van der Waals surface area contributed by atoms with Crippen molar-refractivity contribution in [2.24, 2.45) is 11.3 Å². The third-order valence-corrected chi connectivity index (χ3v) is 1.61. The first-order valence-corrected chi connectivity index (χ1v) is 4.05. The average molecular weight is 172 g/mol. The van der Waals surface area contributed by atoms with E-state index in [1.807, 2.05) is 20.8 Å². The van der Waals surface area contributed by atoms with E-state index in [2.05, 4.69) is 0 Å². The van der Waals surface area contributed by atoms with Gasteiger partial charge in [-0.25, -0.2) is 0 Å². The Hall–Kier alpha value is -0.860. The molecule has 0 N–H and O–H groups in total. The minimum Gasteiger partial charge on any atom is -0.465 e. The fraction of sp³-hybridized carbons (Fsp3) is 0.778. The molecule has 0 bridgehead atoms. The van der Waals surface area contributed by atoms with Gasteiger partial charge in [-0.05, 0) is 12.3 Å². The van der Waals surface area contributed by atoms with Crippen LogP contribution in [0.4, 0.5) is 0 Å². The molecule has 0 aromatic rings. The number of esters is 1. The number of hydrogen-bond acceptors (Lipinski definition) is 3. The van der Waals surface area contributed by atoms with Crippen molar-refractivity contribution >= 4 is 12.3 Å². The largest absolute Gasteiger partial charge is 0.465 e. The van der Waals surface area contributed by atoms with Crippen molar-refractivity contribution in [1.29, 1.82) is 0 Å². The molecule has 0 spiro atoms. The third-order valence-electron chi connectivity index (χ3n) is 1.61. The number of carbonyl (C=O) groups is 2. The number of rotatable bonds is 3. The monoisotopic (exact) mass is 172 g/mol. The third kappa shape index (κ3) is 3.03. The fourth-order valence-electron chi connectivity index (χ4n) is 0.845. The zero-order valence-corrected chi connectivity index (χ0v) is 8.09. The number of carbonyl (C=O) groups excluding carboxylic acids is 2. The second kappa shape index (κ2) is 4.24. The molecule has 70 valence electrons. The predicted molar refractivity (Wildman–Crippen MR) is 45.6 cm³/mol. The quantitative estimate of drug-likeness (QED) is 0.367. The Morgan fingerprint density at radius 2 is 2.00 bits per heavy atom. The van der Waals surface area contributed by atoms with Crippen LogP contribution in [0.3, 0.4) is 0 Å². The summed E-state index contributed by atoms with van der Waals surface area (Å²) in [5.74, 6) is -1.09. The molecule has 0 aromatic heterocycles. The standard InChI is InChI=1S/C9H16O3/c1-5-12-8(11)7(6-10)9(2,3)4/h6-7H,5H2,1-4H3. The second-order valence-electron chi connectivity index (χ2n) is 3.73. The molecule has 12 heavy (non-hydrogen) atoms. The minimum absolute atomic E-state index is 0.319. The molecule has 0 aliphatic carbocycles. The first kappa shape index (κ1) is 11.1. The van der Waals surface area contributed by atoms with Gasteiger partial charge in [0.05, 0.1) is 6.61 Å². The Morgan fingerprint density at radius 3 is 2.25 bits per heavy atom. The van der Waals surface area contributed by atoms with Gasteiger partial charge in [0, 0.05) is 0 Å². The second-order valence-corrected chi connectivity index (χ2v) is 3.73. The lowest BCUT2D eigenvalue weighted by molar-refractivity contribution is -0.153. The summed E-state index contributed by atoms with van der Waals surface area (Å²) < 4.78 is 4.75. The number of ether oxygens (including phenoxy) is 1. The van der Waals surface area contributed by atoms with Crippen LogP contribution in [0.5, 0.6) is 0 Å². The molecule has 3 heteroatoms. The van der Waals surface area contributed by atoms with Crippen LogP contribution in [0.15, 0.2) is 0 Å². The summed E-state index contributed by atoms with van der Waals surface area (Å²) in [6.07, 6.45) is 0.651. The number of hydrogen-bond donors (Lipinski definition) is 0. The molecule has 0 radical (unpaired) electrons. The van der Waals surface area contributed by atoms with Crippen LogP contribution in [0, 0.1) is 11.3 Å². The molecule has 0 aliphatic heterocycles. The van der Waals surface area contributed by atoms with Crippen molar-refractivity contribution in [3.8, 4) is 0 Å². The maximum Gasteiger partial charge on any atom is 0.316 e. The van der Waals surface area contributed by atoms with E-state index in [4.69, 9.17) is 4.74 Å². The van der Waals surface area contributed by atoms with E-state index in [1.54, 1.807) is 6.92 Å². The van der Waals surface area contributed by atoms with Crippen LogP contribution in [0.25, 0.3) is 0 Å². The summed E-state index contributed by atoms with van der Waals surface area (Å²) in [6, 6.07) is 0. The Balaban J connectivity index is 4.35. The molecule has 0 amide bonds. The Morgan fingerprint density at radius 1 is 1.50 bits per heavy atom. The molecule has 3 nitrogen and oxygen atoms in total. The highest BCUT2D eigenvalue weighted by Crippen LogP contribution is 2.24. The molecule has 0 saturated heterocycles. The van der Waals surface area contributed by atoms with Crippen molar-refractivity contribution < 1.29 is 14.3 Å². The molecule has 0 aromatic carbocycles. The van der Waals surface area contributed by atoms with E-state index in [1.165, 1.54) is 0 Å². The summed E-state index contributed by atoms with van der Waals surface area (Å²) in [6.45, 7) is 7.55. The van der Waals surface area contributed by atoms with Gasteiger partial charge in [-0.15, -0.1) is 0 Å². The maximum absolute atomic E-state index is 11.2. The predicted octanol–water partition coefficient (Wildman–Crippen LogP) is 1.41. The maximum atomic E-state index is 11.2. The van der Waals surface area contributed by atoms with Crippen LogP contribution < -0.4 is 0 Å². The van der Waals surface area contributed by atoms with Crippen LogP contribution in [0.1, 0.15) is 27.7 Å². The molecule has 1 atom stereocenters. The molecule has 1 unspecified atom stereocenters. The Kier molecular flexibility index (Phi) is 3.93. The molecular formula is C9H16O3. The SMILES string of the molecule is CCOC(=O)C(C=O)C(C)(C)C. The average Bonchev–Trinajstić information content (AvgIpc) is 1.85. The highest BCUT2D eigenvalue weighted by atomic mass is 16.5. The fourth-order valence-corrected chi connectivity index (χ4v) is 0.845. The van der Waals surface area contributed by atoms with E-state index in [0.717, 1.165) is 0 Å². The van der Waals surface area contributed by atoms with Crippen molar-refractivity contribution in [3.63, 3.8) is 0 Å². The van der Waals surface area contributed by atoms with Gasteiger partial charge in [0.1, 0.15) is 12.2 Å². The van der Waals surface area contributed by atoms with Gasteiger partial charge in [-0.2, -0.15) is 0 Å². The van der Waals surface area contributed by atoms with E-state index in [-0.39, 0.29) is 5.41 Å². The summed E-state index contributed by atoms with van der Waals surface area (Å²) >= 11 is 0. The molecule has 0 saturated carbocycles. The van der Waals surface area contributed by atoms with Gasteiger partial charge in [0.15, 0.2) is 0 Å². The van der Waals surface area contributed by atoms with Crippen LogP contribution in [-0.2, 0) is 14.3 Å². The van der Waals surface area contributed by atoms with Gasteiger partial charge in [-0.3, -0.25) is 4.79 Å². The lowest BCUT2D eigenvalue weighted by Crippen LogP contribution is -2.31. The van der Waals surface area contributed by atoms with Crippen molar-refractivity contribution in [2.45, 2.75) is 27.7 Å². The Bertz CT molecular complexity index is 167. The zero-order valence-electron chi connectivity index (χ0n) is 8.09. The van der Waals surface area contributed by atoms with Gasteiger partial charge < -0.3 is 9.53 Å². The summed E-state index contributed by atoms with van der Waals surface area (Å²) in [5, 5.41) is 0. The van der Waals surface area contributed by atoms with E-state index in [0.29, 0.717) is 12.9 Å². The number of aldehydes is 1. The lowest BCUT2D eigenvalue weighted by Gasteiger charge is -2.23. The van der Waals surface area contributed by atoms with Gasteiger partial charge in [0.25, 0.3) is 0 Å². The van der Waals surface area contributed by atoms with Gasteiger partial charge in [0.2, 0.25) is 0 Å². The molecule has 0 fully saturated rings. The van der Waals surface area contributed by atoms with E-state index in [9.17, 15) is 9.59 Å². The van der Waals surface area contributed by atoms with Crippen LogP contribution in [0.2, 0.25) is 0 Å². The summed E-state index contributed by atoms with van der Waals surface area (Å²) in [4.78, 5) is 21.7. The summed E-state index contributed by atoms with van der Waals surface area (Å²) in [5.41, 5.74) is -0.353. The van der Waals surface area contributed by atoms with E-state index < -0.39 is 11.9 Å². The normalized spacial score (nSPS) is 13.7. The topological polar surface area (TPSA) is 43.4 Å². The molecule has 0 rings (SSSR count). The highest BCUT2D eigenvalue weighted by molar-refractivity contribution is 5.88. The van der Waals surface area contributed by atoms with Crippen LogP contribution >= 0.6 is 0 Å².